The fraction of sp³-hybridized carbons (Fsp3) is 0.125. The van der Waals surface area contributed by atoms with E-state index in [-0.39, 0.29) is 17.7 Å². The minimum absolute atomic E-state index is 0.0962. The molecular weight excluding hydrogens is 260 g/mol. The molecule has 0 saturated heterocycles. The normalized spacial score (nSPS) is 11.4. The smallest absolute Gasteiger partial charge is 0.267 e. The molecule has 2 N–H and O–H groups in total. The van der Waals surface area contributed by atoms with Crippen LogP contribution in [-0.4, -0.2) is 0 Å². The maximum absolute atomic E-state index is 13.2. The van der Waals surface area contributed by atoms with Crippen LogP contribution in [-0.2, 0) is 6.54 Å². The minimum atomic E-state index is -2.59. The number of halogens is 2. The highest BCUT2D eigenvalue weighted by Gasteiger charge is 2.17. The molecule has 0 aliphatic heterocycles. The first-order valence-electron chi connectivity index (χ1n) is 6.29. The Kier molecular flexibility index (Phi) is 3.24. The van der Waals surface area contributed by atoms with Crippen molar-refractivity contribution in [2.75, 3.05) is 0 Å². The third kappa shape index (κ3) is 2.18. The van der Waals surface area contributed by atoms with Gasteiger partial charge in [-0.3, -0.25) is 0 Å². The summed E-state index contributed by atoms with van der Waals surface area (Å²) in [6, 6.07) is 14.5. The van der Waals surface area contributed by atoms with E-state index in [1.165, 1.54) is 6.07 Å². The lowest BCUT2D eigenvalue weighted by molar-refractivity contribution is 0.152. The third-order valence-corrected chi connectivity index (χ3v) is 3.24. The molecule has 0 spiro atoms. The highest BCUT2D eigenvalue weighted by Crippen LogP contribution is 2.34. The van der Waals surface area contributed by atoms with E-state index in [2.05, 4.69) is 0 Å². The minimum Gasteiger partial charge on any atom is -0.459 e. The van der Waals surface area contributed by atoms with Crippen LogP contribution in [0.3, 0.4) is 0 Å². The fourth-order valence-corrected chi connectivity index (χ4v) is 2.29. The lowest BCUT2D eigenvalue weighted by atomic mass is 10.0. The van der Waals surface area contributed by atoms with Crippen LogP contribution in [0.25, 0.3) is 22.1 Å². The zero-order chi connectivity index (χ0) is 14.1. The Balaban J connectivity index is 2.25. The second-order valence-corrected chi connectivity index (χ2v) is 4.57. The Hall–Kier alpha value is -2.20. The summed E-state index contributed by atoms with van der Waals surface area (Å²) < 4.78 is 31.8. The summed E-state index contributed by atoms with van der Waals surface area (Å²) >= 11 is 0. The average molecular weight is 273 g/mol. The molecule has 0 saturated carbocycles. The monoisotopic (exact) mass is 273 g/mol. The number of alkyl halides is 2. The standard InChI is InChI=1S/C16H13F2NO/c17-16(18)14-8-11(10-4-2-1-3-5-10)6-12-7-13(9-19)20-15(12)14/h1-8,16H,9,19H2. The summed E-state index contributed by atoms with van der Waals surface area (Å²) in [7, 11) is 0. The lowest BCUT2D eigenvalue weighted by Crippen LogP contribution is -1.92. The van der Waals surface area contributed by atoms with E-state index in [1.54, 1.807) is 6.07 Å². The fourth-order valence-electron chi connectivity index (χ4n) is 2.29. The lowest BCUT2D eigenvalue weighted by Gasteiger charge is -2.06. The number of hydrogen-bond acceptors (Lipinski definition) is 2. The van der Waals surface area contributed by atoms with Crippen molar-refractivity contribution in [3.05, 3.63) is 59.9 Å². The van der Waals surface area contributed by atoms with Crippen LogP contribution in [0.5, 0.6) is 0 Å². The van der Waals surface area contributed by atoms with Gasteiger partial charge >= 0.3 is 0 Å². The first-order valence-corrected chi connectivity index (χ1v) is 6.29. The molecule has 3 rings (SSSR count). The van der Waals surface area contributed by atoms with Crippen LogP contribution in [0.4, 0.5) is 8.78 Å². The van der Waals surface area contributed by atoms with Gasteiger partial charge in [-0.1, -0.05) is 30.3 Å². The first kappa shape index (κ1) is 12.8. The van der Waals surface area contributed by atoms with E-state index in [1.807, 2.05) is 36.4 Å². The number of furan rings is 1. The molecule has 0 atom stereocenters. The van der Waals surface area contributed by atoms with Gasteiger partial charge < -0.3 is 10.2 Å². The summed E-state index contributed by atoms with van der Waals surface area (Å²) in [4.78, 5) is 0. The number of rotatable bonds is 3. The van der Waals surface area contributed by atoms with Crippen molar-refractivity contribution in [2.45, 2.75) is 13.0 Å². The molecule has 1 aromatic heterocycles. The molecule has 2 aromatic carbocycles. The van der Waals surface area contributed by atoms with Crippen LogP contribution < -0.4 is 5.73 Å². The van der Waals surface area contributed by atoms with Gasteiger partial charge in [-0.25, -0.2) is 8.78 Å². The summed E-state index contributed by atoms with van der Waals surface area (Å²) in [5.74, 6) is 0.507. The predicted molar refractivity (Wildman–Crippen MR) is 74.5 cm³/mol. The molecule has 0 aliphatic rings. The van der Waals surface area contributed by atoms with Crippen LogP contribution in [0, 0.1) is 0 Å². The van der Waals surface area contributed by atoms with Gasteiger partial charge in [0.1, 0.15) is 11.3 Å². The first-order chi connectivity index (χ1) is 9.69. The number of hydrogen-bond donors (Lipinski definition) is 1. The predicted octanol–water partition coefficient (Wildman–Crippen LogP) is 4.50. The van der Waals surface area contributed by atoms with Crippen molar-refractivity contribution < 1.29 is 13.2 Å². The number of fused-ring (bicyclic) bond motifs is 1. The van der Waals surface area contributed by atoms with Crippen LogP contribution >= 0.6 is 0 Å². The van der Waals surface area contributed by atoms with Crippen LogP contribution in [0.1, 0.15) is 17.7 Å². The van der Waals surface area contributed by atoms with Crippen LogP contribution in [0.2, 0.25) is 0 Å². The SMILES string of the molecule is NCc1cc2cc(-c3ccccc3)cc(C(F)F)c2o1. The maximum Gasteiger partial charge on any atom is 0.267 e. The molecule has 1 heterocycles. The van der Waals surface area contributed by atoms with Gasteiger partial charge in [0, 0.05) is 5.39 Å². The van der Waals surface area contributed by atoms with Gasteiger partial charge in [-0.15, -0.1) is 0 Å². The molecule has 102 valence electrons. The zero-order valence-electron chi connectivity index (χ0n) is 10.6. The Bertz CT molecular complexity index is 735. The highest BCUT2D eigenvalue weighted by atomic mass is 19.3. The largest absolute Gasteiger partial charge is 0.459 e. The van der Waals surface area contributed by atoms with Crippen molar-refractivity contribution in [3.63, 3.8) is 0 Å². The topological polar surface area (TPSA) is 39.2 Å². The van der Waals surface area contributed by atoms with Gasteiger partial charge in [-0.05, 0) is 29.3 Å². The Morgan fingerprint density at radius 3 is 2.40 bits per heavy atom. The molecule has 3 aromatic rings. The molecule has 0 fully saturated rings. The van der Waals surface area contributed by atoms with Gasteiger partial charge in [0.2, 0.25) is 0 Å². The molecule has 0 unspecified atom stereocenters. The molecule has 0 radical (unpaired) electrons. The van der Waals surface area contributed by atoms with E-state index >= 15 is 0 Å². The van der Waals surface area contributed by atoms with E-state index in [0.29, 0.717) is 11.1 Å². The van der Waals surface area contributed by atoms with E-state index in [4.69, 9.17) is 10.2 Å². The Morgan fingerprint density at radius 2 is 1.75 bits per heavy atom. The van der Waals surface area contributed by atoms with E-state index in [0.717, 1.165) is 11.1 Å². The molecule has 0 bridgehead atoms. The van der Waals surface area contributed by atoms with Gasteiger partial charge in [-0.2, -0.15) is 0 Å². The van der Waals surface area contributed by atoms with Crippen molar-refractivity contribution in [1.82, 2.24) is 0 Å². The van der Waals surface area contributed by atoms with Crippen molar-refractivity contribution >= 4 is 11.0 Å². The van der Waals surface area contributed by atoms with Crippen molar-refractivity contribution in [1.29, 1.82) is 0 Å². The quantitative estimate of drug-likeness (QED) is 0.763. The van der Waals surface area contributed by atoms with Crippen molar-refractivity contribution in [2.24, 2.45) is 5.73 Å². The highest BCUT2D eigenvalue weighted by molar-refractivity contribution is 5.87. The molecule has 0 aliphatic carbocycles. The number of benzene rings is 2. The molecular formula is C16H13F2NO. The van der Waals surface area contributed by atoms with Crippen molar-refractivity contribution in [3.8, 4) is 11.1 Å². The Morgan fingerprint density at radius 1 is 1.00 bits per heavy atom. The van der Waals surface area contributed by atoms with Crippen LogP contribution in [0.15, 0.2) is 52.9 Å². The summed E-state index contributed by atoms with van der Waals surface area (Å²) in [6.07, 6.45) is -2.59. The third-order valence-electron chi connectivity index (χ3n) is 3.24. The molecule has 0 amide bonds. The number of nitrogens with two attached hydrogens (primary N) is 1. The van der Waals surface area contributed by atoms with Gasteiger partial charge in [0.25, 0.3) is 6.43 Å². The van der Waals surface area contributed by atoms with Gasteiger partial charge in [0.15, 0.2) is 0 Å². The maximum atomic E-state index is 13.2. The summed E-state index contributed by atoms with van der Waals surface area (Å²) in [5.41, 5.74) is 7.28. The summed E-state index contributed by atoms with van der Waals surface area (Å²) in [6.45, 7) is 0.192. The van der Waals surface area contributed by atoms with E-state index < -0.39 is 6.43 Å². The van der Waals surface area contributed by atoms with Gasteiger partial charge in [0.05, 0.1) is 12.1 Å². The van der Waals surface area contributed by atoms with E-state index in [9.17, 15) is 8.78 Å². The molecule has 20 heavy (non-hydrogen) atoms. The average Bonchev–Trinajstić information content (AvgIpc) is 2.89. The molecule has 2 nitrogen and oxygen atoms in total. The second-order valence-electron chi connectivity index (χ2n) is 4.57. The Labute approximate surface area is 114 Å². The zero-order valence-corrected chi connectivity index (χ0v) is 10.6. The second kappa shape index (κ2) is 5.06. The molecule has 4 heteroatoms. The summed E-state index contributed by atoms with van der Waals surface area (Å²) in [5, 5.41) is 0.655.